The summed E-state index contributed by atoms with van der Waals surface area (Å²) in [6, 6.07) is 13.2. The second-order valence-corrected chi connectivity index (χ2v) is 8.77. The summed E-state index contributed by atoms with van der Waals surface area (Å²) in [6.45, 7) is 10.1. The number of nitrogens with one attached hydrogen (secondary N) is 1. The van der Waals surface area contributed by atoms with E-state index in [1.807, 2.05) is 70.2 Å². The van der Waals surface area contributed by atoms with Gasteiger partial charge in [0.1, 0.15) is 11.8 Å². The van der Waals surface area contributed by atoms with Crippen LogP contribution in [0.25, 0.3) is 0 Å². The van der Waals surface area contributed by atoms with Crippen molar-refractivity contribution in [1.82, 2.24) is 10.2 Å². The van der Waals surface area contributed by atoms with Gasteiger partial charge in [0.15, 0.2) is 6.61 Å². The topological polar surface area (TPSA) is 58.6 Å². The number of hydrogen-bond acceptors (Lipinski definition) is 3. The average molecular weight is 489 g/mol. The Morgan fingerprint density at radius 1 is 1.10 bits per heavy atom. The maximum atomic E-state index is 13.1. The Bertz CT molecular complexity index is 863. The van der Waals surface area contributed by atoms with Crippen LogP contribution in [-0.4, -0.2) is 41.9 Å². The molecule has 1 N–H and O–H groups in total. The number of carbonyl (C=O) groups excluding carboxylic acids is 2. The molecule has 0 saturated carbocycles. The summed E-state index contributed by atoms with van der Waals surface area (Å²) in [4.78, 5) is 27.4. The van der Waals surface area contributed by atoms with Crippen molar-refractivity contribution < 1.29 is 14.3 Å². The van der Waals surface area contributed by atoms with Crippen LogP contribution in [0.15, 0.2) is 46.9 Å². The van der Waals surface area contributed by atoms with Crippen LogP contribution >= 0.6 is 15.9 Å². The van der Waals surface area contributed by atoms with Crippen LogP contribution in [0.4, 0.5) is 0 Å². The molecule has 2 aromatic rings. The zero-order valence-electron chi connectivity index (χ0n) is 19.1. The zero-order chi connectivity index (χ0) is 23.0. The molecule has 31 heavy (non-hydrogen) atoms. The third kappa shape index (κ3) is 7.39. The first-order valence-corrected chi connectivity index (χ1v) is 11.6. The predicted octanol–water partition coefficient (Wildman–Crippen LogP) is 4.82. The number of aryl methyl sites for hydroxylation is 2. The van der Waals surface area contributed by atoms with E-state index in [0.717, 1.165) is 27.6 Å². The number of rotatable bonds is 10. The van der Waals surface area contributed by atoms with Crippen molar-refractivity contribution in [3.8, 4) is 5.75 Å². The monoisotopic (exact) mass is 488 g/mol. The number of amides is 2. The van der Waals surface area contributed by atoms with Crippen LogP contribution in [0.2, 0.25) is 0 Å². The minimum atomic E-state index is -0.581. The maximum Gasteiger partial charge on any atom is 0.261 e. The highest BCUT2D eigenvalue weighted by Gasteiger charge is 2.26. The van der Waals surface area contributed by atoms with E-state index < -0.39 is 6.04 Å². The molecule has 2 atom stereocenters. The van der Waals surface area contributed by atoms with Crippen molar-refractivity contribution in [2.45, 2.75) is 59.5 Å². The molecule has 0 aromatic heterocycles. The van der Waals surface area contributed by atoms with Crippen LogP contribution < -0.4 is 10.1 Å². The van der Waals surface area contributed by atoms with E-state index in [1.54, 1.807) is 11.8 Å². The van der Waals surface area contributed by atoms with Gasteiger partial charge in [-0.15, -0.1) is 0 Å². The minimum Gasteiger partial charge on any atom is -0.484 e. The number of hydrogen-bond donors (Lipinski definition) is 1. The molecule has 6 heteroatoms. The quantitative estimate of drug-likeness (QED) is 0.521. The fraction of sp³-hybridized carbons (Fsp3) is 0.440. The highest BCUT2D eigenvalue weighted by atomic mass is 79.9. The van der Waals surface area contributed by atoms with Crippen LogP contribution in [0, 0.1) is 13.8 Å². The second-order valence-electron chi connectivity index (χ2n) is 7.98. The summed E-state index contributed by atoms with van der Waals surface area (Å²) < 4.78 is 6.84. The van der Waals surface area contributed by atoms with Gasteiger partial charge in [0.25, 0.3) is 5.91 Å². The molecule has 2 aromatic carbocycles. The Balaban J connectivity index is 2.11. The third-order valence-electron chi connectivity index (χ3n) is 5.42. The normalized spacial score (nSPS) is 12.7. The highest BCUT2D eigenvalue weighted by Crippen LogP contribution is 2.26. The van der Waals surface area contributed by atoms with E-state index in [0.29, 0.717) is 18.7 Å². The first-order valence-electron chi connectivity index (χ1n) is 10.8. The molecule has 5 nitrogen and oxygen atoms in total. The lowest BCUT2D eigenvalue weighted by molar-refractivity contribution is -0.141. The highest BCUT2D eigenvalue weighted by molar-refractivity contribution is 9.10. The van der Waals surface area contributed by atoms with Gasteiger partial charge in [-0.2, -0.15) is 0 Å². The molecule has 0 bridgehead atoms. The molecule has 0 aliphatic rings. The minimum absolute atomic E-state index is 0.0611. The number of nitrogens with zero attached hydrogens (tertiary/aromatic N) is 1. The maximum absolute atomic E-state index is 13.1. The van der Waals surface area contributed by atoms with Gasteiger partial charge >= 0.3 is 0 Å². The Morgan fingerprint density at radius 3 is 2.29 bits per heavy atom. The number of carbonyl (C=O) groups is 2. The van der Waals surface area contributed by atoms with Gasteiger partial charge in [0, 0.05) is 17.1 Å². The molecule has 2 rings (SSSR count). The number of ether oxygens (including phenoxy) is 1. The summed E-state index contributed by atoms with van der Waals surface area (Å²) in [6.07, 6.45) is 1.51. The summed E-state index contributed by atoms with van der Waals surface area (Å²) in [5, 5.41) is 2.98. The molecule has 2 amide bonds. The summed E-state index contributed by atoms with van der Waals surface area (Å²) in [5.41, 5.74) is 3.21. The molecule has 0 radical (unpaired) electrons. The second kappa shape index (κ2) is 11.9. The number of benzene rings is 2. The lowest BCUT2D eigenvalue weighted by Crippen LogP contribution is -2.51. The van der Waals surface area contributed by atoms with Crippen molar-refractivity contribution in [3.05, 3.63) is 63.6 Å². The molecule has 168 valence electrons. The van der Waals surface area contributed by atoms with Crippen molar-refractivity contribution in [2.75, 3.05) is 13.2 Å². The van der Waals surface area contributed by atoms with Crippen LogP contribution in [0.3, 0.4) is 0 Å². The van der Waals surface area contributed by atoms with Crippen molar-refractivity contribution in [2.24, 2.45) is 0 Å². The predicted molar refractivity (Wildman–Crippen MR) is 128 cm³/mol. The molecule has 0 aliphatic carbocycles. The molecule has 0 fully saturated rings. The summed E-state index contributed by atoms with van der Waals surface area (Å²) in [5.74, 6) is 0.290. The Morgan fingerprint density at radius 2 is 1.71 bits per heavy atom. The van der Waals surface area contributed by atoms with Gasteiger partial charge in [0.05, 0.1) is 0 Å². The van der Waals surface area contributed by atoms with Gasteiger partial charge in [-0.25, -0.2) is 0 Å². The SMILES string of the molecule is CC[C@@H](C)NC(=O)[C@H](C)N(CCc1ccccc1)C(=O)COc1cc(C)c(Br)c(C)c1. The lowest BCUT2D eigenvalue weighted by Gasteiger charge is -2.29. The van der Waals surface area contributed by atoms with Gasteiger partial charge in [0.2, 0.25) is 5.91 Å². The van der Waals surface area contributed by atoms with E-state index in [-0.39, 0.29) is 24.5 Å². The third-order valence-corrected chi connectivity index (χ3v) is 6.68. The van der Waals surface area contributed by atoms with Gasteiger partial charge < -0.3 is 15.0 Å². The van der Waals surface area contributed by atoms with Gasteiger partial charge in [-0.3, -0.25) is 9.59 Å². The Labute approximate surface area is 194 Å². The van der Waals surface area contributed by atoms with Crippen LogP contribution in [-0.2, 0) is 16.0 Å². The fourth-order valence-corrected chi connectivity index (χ4v) is 3.48. The van der Waals surface area contributed by atoms with E-state index in [2.05, 4.69) is 21.2 Å². The smallest absolute Gasteiger partial charge is 0.261 e. The van der Waals surface area contributed by atoms with E-state index in [9.17, 15) is 9.59 Å². The van der Waals surface area contributed by atoms with E-state index in [4.69, 9.17) is 4.74 Å². The van der Waals surface area contributed by atoms with E-state index >= 15 is 0 Å². The first kappa shape index (κ1) is 24.9. The summed E-state index contributed by atoms with van der Waals surface area (Å²) >= 11 is 3.54. The van der Waals surface area contributed by atoms with E-state index in [1.165, 1.54) is 0 Å². The lowest BCUT2D eigenvalue weighted by atomic mass is 10.1. The average Bonchev–Trinajstić information content (AvgIpc) is 2.76. The molecule has 0 unspecified atom stereocenters. The van der Waals surface area contributed by atoms with Gasteiger partial charge in [-0.1, -0.05) is 53.2 Å². The fourth-order valence-electron chi connectivity index (χ4n) is 3.25. The first-order chi connectivity index (χ1) is 14.7. The zero-order valence-corrected chi connectivity index (χ0v) is 20.7. The Kier molecular flexibility index (Phi) is 9.56. The number of halogens is 1. The van der Waals surface area contributed by atoms with Gasteiger partial charge in [-0.05, 0) is 69.4 Å². The molecule has 0 aliphatic heterocycles. The molecule has 0 heterocycles. The Hall–Kier alpha value is -2.34. The van der Waals surface area contributed by atoms with Crippen LogP contribution in [0.1, 0.15) is 43.9 Å². The largest absolute Gasteiger partial charge is 0.484 e. The van der Waals surface area contributed by atoms with Crippen molar-refractivity contribution in [3.63, 3.8) is 0 Å². The molecule has 0 saturated heterocycles. The molecular weight excluding hydrogens is 456 g/mol. The van der Waals surface area contributed by atoms with Crippen LogP contribution in [0.5, 0.6) is 5.75 Å². The van der Waals surface area contributed by atoms with Crippen molar-refractivity contribution >= 4 is 27.7 Å². The van der Waals surface area contributed by atoms with Crippen molar-refractivity contribution in [1.29, 1.82) is 0 Å². The molecule has 0 spiro atoms. The standard InChI is InChI=1S/C25H33BrN2O3/c1-6-19(4)27-25(30)20(5)28(13-12-21-10-8-7-9-11-21)23(29)16-31-22-14-17(2)24(26)18(3)15-22/h7-11,14-15,19-20H,6,12-13,16H2,1-5H3,(H,27,30)/t19-,20+/m1/s1. The summed E-state index contributed by atoms with van der Waals surface area (Å²) in [7, 11) is 0. The molecular formula is C25H33BrN2O3.